The van der Waals surface area contributed by atoms with Crippen molar-refractivity contribution in [2.24, 2.45) is 5.92 Å². The number of para-hydroxylation sites is 2. The molecule has 0 spiro atoms. The number of hydrogen-bond donors (Lipinski definition) is 0. The fourth-order valence-electron chi connectivity index (χ4n) is 3.28. The molecule has 3 aromatic rings. The van der Waals surface area contributed by atoms with E-state index >= 15 is 0 Å². The second-order valence-corrected chi connectivity index (χ2v) is 7.38. The van der Waals surface area contributed by atoms with E-state index in [0.29, 0.717) is 28.9 Å². The molecule has 3 heterocycles. The summed E-state index contributed by atoms with van der Waals surface area (Å²) < 4.78 is 0. The van der Waals surface area contributed by atoms with E-state index < -0.39 is 0 Å². The average Bonchev–Trinajstić information content (AvgIpc) is 3.12. The Morgan fingerprint density at radius 1 is 1.19 bits per heavy atom. The van der Waals surface area contributed by atoms with Crippen LogP contribution in [-0.4, -0.2) is 41.0 Å². The molecule has 1 aliphatic heterocycles. The van der Waals surface area contributed by atoms with Crippen molar-refractivity contribution in [3.05, 3.63) is 53.9 Å². The molecule has 1 unspecified atom stereocenters. The Balaban J connectivity index is 1.69. The zero-order chi connectivity index (χ0) is 18.1. The van der Waals surface area contributed by atoms with Crippen molar-refractivity contribution in [2.75, 3.05) is 29.9 Å². The Hall–Kier alpha value is -2.80. The summed E-state index contributed by atoms with van der Waals surface area (Å²) in [5.74, 6) is 0.278. The van der Waals surface area contributed by atoms with Gasteiger partial charge in [-0.15, -0.1) is 11.3 Å². The number of amides is 1. The maximum Gasteiger partial charge on any atom is 0.277 e. The molecular formula is C19H19N5OS. The van der Waals surface area contributed by atoms with Crippen LogP contribution in [-0.2, 0) is 0 Å². The van der Waals surface area contributed by atoms with E-state index in [9.17, 15) is 4.79 Å². The molecule has 1 aliphatic rings. The van der Waals surface area contributed by atoms with Crippen LogP contribution in [0.4, 0.5) is 11.4 Å². The molecule has 1 aromatic carbocycles. The van der Waals surface area contributed by atoms with Crippen LogP contribution in [0.2, 0.25) is 0 Å². The minimum absolute atomic E-state index is 0.0778. The molecule has 6 nitrogen and oxygen atoms in total. The van der Waals surface area contributed by atoms with Gasteiger partial charge >= 0.3 is 0 Å². The fraction of sp³-hybridized carbons (Fsp3) is 0.263. The number of thiazole rings is 1. The summed E-state index contributed by atoms with van der Waals surface area (Å²) in [4.78, 5) is 30.1. The minimum atomic E-state index is -0.0778. The lowest BCUT2D eigenvalue weighted by molar-refractivity contribution is 0.0980. The van der Waals surface area contributed by atoms with E-state index in [1.807, 2.05) is 23.1 Å². The van der Waals surface area contributed by atoms with Crippen molar-refractivity contribution in [1.82, 2.24) is 15.0 Å². The van der Waals surface area contributed by atoms with E-state index in [-0.39, 0.29) is 5.91 Å². The van der Waals surface area contributed by atoms with E-state index in [0.717, 1.165) is 17.9 Å². The van der Waals surface area contributed by atoms with Gasteiger partial charge in [0, 0.05) is 37.9 Å². The summed E-state index contributed by atoms with van der Waals surface area (Å²) in [6.07, 6.45) is 4.90. The first-order valence-corrected chi connectivity index (χ1v) is 9.35. The van der Waals surface area contributed by atoms with E-state index in [1.54, 1.807) is 24.0 Å². The highest BCUT2D eigenvalue weighted by Crippen LogP contribution is 2.34. The van der Waals surface area contributed by atoms with Crippen molar-refractivity contribution in [3.8, 4) is 10.7 Å². The molecule has 4 rings (SSSR count). The van der Waals surface area contributed by atoms with Gasteiger partial charge in [-0.25, -0.2) is 4.98 Å². The van der Waals surface area contributed by atoms with Crippen molar-refractivity contribution < 1.29 is 4.79 Å². The minimum Gasteiger partial charge on any atom is -0.373 e. The standard InChI is InChI=1S/C19H19N5OS/c1-13-10-23(2)16-5-3-4-6-17(16)24(11-13)19(25)15-12-26-18(22-15)14-9-20-7-8-21-14/h3-9,12-13H,10-11H2,1-2H3. The normalized spacial score (nSPS) is 16.9. The number of hydrogen-bond acceptors (Lipinski definition) is 6. The van der Waals surface area contributed by atoms with Gasteiger partial charge in [-0.3, -0.25) is 14.8 Å². The summed E-state index contributed by atoms with van der Waals surface area (Å²) in [5, 5.41) is 2.50. The van der Waals surface area contributed by atoms with Crippen LogP contribution in [0.1, 0.15) is 17.4 Å². The van der Waals surface area contributed by atoms with Gasteiger partial charge in [0.1, 0.15) is 16.4 Å². The highest BCUT2D eigenvalue weighted by molar-refractivity contribution is 7.13. The first-order valence-electron chi connectivity index (χ1n) is 8.47. The lowest BCUT2D eigenvalue weighted by Crippen LogP contribution is -2.35. The molecule has 0 aliphatic carbocycles. The zero-order valence-corrected chi connectivity index (χ0v) is 15.5. The summed E-state index contributed by atoms with van der Waals surface area (Å²) >= 11 is 1.41. The molecule has 132 valence electrons. The Morgan fingerprint density at radius 2 is 2.00 bits per heavy atom. The van der Waals surface area contributed by atoms with Gasteiger partial charge in [-0.2, -0.15) is 0 Å². The second kappa shape index (κ2) is 6.84. The Bertz CT molecular complexity index is 926. The van der Waals surface area contributed by atoms with Crippen molar-refractivity contribution in [2.45, 2.75) is 6.92 Å². The SMILES string of the molecule is CC1CN(C)c2ccccc2N(C(=O)c2csc(-c3cnccn3)n2)C1. The summed E-state index contributed by atoms with van der Waals surface area (Å²) in [7, 11) is 2.07. The van der Waals surface area contributed by atoms with Crippen LogP contribution in [0.3, 0.4) is 0 Å². The third-order valence-corrected chi connectivity index (χ3v) is 5.28. The maximum absolute atomic E-state index is 13.2. The van der Waals surface area contributed by atoms with Crippen LogP contribution in [0.15, 0.2) is 48.2 Å². The van der Waals surface area contributed by atoms with Gasteiger partial charge in [0.05, 0.1) is 17.6 Å². The lowest BCUT2D eigenvalue weighted by Gasteiger charge is -2.23. The van der Waals surface area contributed by atoms with Crippen molar-refractivity contribution >= 4 is 28.6 Å². The molecule has 1 amide bonds. The molecule has 2 aromatic heterocycles. The largest absolute Gasteiger partial charge is 0.373 e. The third kappa shape index (κ3) is 3.06. The summed E-state index contributed by atoms with van der Waals surface area (Å²) in [5.41, 5.74) is 3.12. The molecule has 0 radical (unpaired) electrons. The number of anilines is 2. The van der Waals surface area contributed by atoms with Gasteiger partial charge < -0.3 is 9.80 Å². The molecule has 0 fully saturated rings. The van der Waals surface area contributed by atoms with Gasteiger partial charge in [0.15, 0.2) is 0 Å². The maximum atomic E-state index is 13.2. The molecule has 0 N–H and O–H groups in total. The quantitative estimate of drug-likeness (QED) is 0.697. The van der Waals surface area contributed by atoms with Gasteiger partial charge in [0.2, 0.25) is 0 Å². The molecular weight excluding hydrogens is 346 g/mol. The topological polar surface area (TPSA) is 62.2 Å². The summed E-state index contributed by atoms with van der Waals surface area (Å²) in [6, 6.07) is 8.02. The van der Waals surface area contributed by atoms with Crippen LogP contribution in [0.5, 0.6) is 0 Å². The predicted molar refractivity (Wildman–Crippen MR) is 104 cm³/mol. The Morgan fingerprint density at radius 3 is 2.77 bits per heavy atom. The molecule has 1 atom stereocenters. The number of rotatable bonds is 2. The molecule has 0 saturated heterocycles. The number of nitrogens with zero attached hydrogens (tertiary/aromatic N) is 5. The zero-order valence-electron chi connectivity index (χ0n) is 14.7. The number of benzene rings is 1. The van der Waals surface area contributed by atoms with Crippen molar-refractivity contribution in [3.63, 3.8) is 0 Å². The molecule has 7 heteroatoms. The van der Waals surface area contributed by atoms with Crippen LogP contribution in [0.25, 0.3) is 10.7 Å². The highest BCUT2D eigenvalue weighted by atomic mass is 32.1. The van der Waals surface area contributed by atoms with Gasteiger partial charge in [0.25, 0.3) is 5.91 Å². The number of fused-ring (bicyclic) bond motifs is 1. The number of aromatic nitrogens is 3. The van der Waals surface area contributed by atoms with E-state index in [4.69, 9.17) is 0 Å². The van der Waals surface area contributed by atoms with Crippen LogP contribution >= 0.6 is 11.3 Å². The van der Waals surface area contributed by atoms with E-state index in [1.165, 1.54) is 11.3 Å². The van der Waals surface area contributed by atoms with Crippen LogP contribution in [0, 0.1) is 5.92 Å². The molecule has 26 heavy (non-hydrogen) atoms. The average molecular weight is 365 g/mol. The molecule has 0 saturated carbocycles. The van der Waals surface area contributed by atoms with Gasteiger partial charge in [-0.05, 0) is 18.1 Å². The number of carbonyl (C=O) groups excluding carboxylic acids is 1. The third-order valence-electron chi connectivity index (χ3n) is 4.41. The van der Waals surface area contributed by atoms with Crippen molar-refractivity contribution in [1.29, 1.82) is 0 Å². The fourth-order valence-corrected chi connectivity index (χ4v) is 4.03. The predicted octanol–water partition coefficient (Wildman–Crippen LogP) is 3.33. The molecule has 0 bridgehead atoms. The smallest absolute Gasteiger partial charge is 0.277 e. The van der Waals surface area contributed by atoms with Crippen LogP contribution < -0.4 is 9.80 Å². The Kier molecular flexibility index (Phi) is 4.38. The first kappa shape index (κ1) is 16.7. The Labute approximate surface area is 156 Å². The highest BCUT2D eigenvalue weighted by Gasteiger charge is 2.28. The lowest BCUT2D eigenvalue weighted by atomic mass is 10.1. The second-order valence-electron chi connectivity index (χ2n) is 6.52. The summed E-state index contributed by atoms with van der Waals surface area (Å²) in [6.45, 7) is 3.73. The number of carbonyl (C=O) groups is 1. The van der Waals surface area contributed by atoms with Gasteiger partial charge in [-0.1, -0.05) is 19.1 Å². The monoisotopic (exact) mass is 365 g/mol. The van der Waals surface area contributed by atoms with E-state index in [2.05, 4.69) is 39.9 Å². The first-order chi connectivity index (χ1) is 12.6.